The largest absolute Gasteiger partial charge is 0.506 e. The van der Waals surface area contributed by atoms with Gasteiger partial charge in [0, 0.05) is 29.6 Å². The average molecular weight is 710 g/mol. The number of hydrogen-bond donors (Lipinski definition) is 4. The van der Waals surface area contributed by atoms with Crippen molar-refractivity contribution >= 4 is 17.9 Å². The number of aromatic hydroxyl groups is 1. The van der Waals surface area contributed by atoms with Crippen LogP contribution in [0.4, 0.5) is 0 Å². The summed E-state index contributed by atoms with van der Waals surface area (Å²) >= 11 is 0. The van der Waals surface area contributed by atoms with E-state index in [1.807, 2.05) is 11.6 Å². The summed E-state index contributed by atoms with van der Waals surface area (Å²) < 4.78 is 8.06. The van der Waals surface area contributed by atoms with Crippen LogP contribution in [0.5, 0.6) is 5.75 Å². The Morgan fingerprint density at radius 3 is 2.22 bits per heavy atom. The number of carboxylic acids is 2. The lowest BCUT2D eigenvalue weighted by Gasteiger charge is -2.72. The summed E-state index contributed by atoms with van der Waals surface area (Å²) in [5, 5.41) is 42.1. The number of rotatable bonds is 8. The van der Waals surface area contributed by atoms with E-state index >= 15 is 0 Å². The highest BCUT2D eigenvalue weighted by atomic mass is 16.5. The highest BCUT2D eigenvalue weighted by Gasteiger charge is 2.70. The summed E-state index contributed by atoms with van der Waals surface area (Å²) in [5.41, 5.74) is 1.97. The number of carboxylic acid groups (broad SMARTS) is 2. The first-order valence-electron chi connectivity index (χ1n) is 19.4. The molecule has 5 aliphatic carbocycles. The molecule has 1 heterocycles. The lowest BCUT2D eigenvalue weighted by molar-refractivity contribution is -0.232. The van der Waals surface area contributed by atoms with Crippen molar-refractivity contribution in [2.75, 3.05) is 0 Å². The normalized spacial score (nSPS) is 38.8. The molecular weight excluding hydrogens is 646 g/mol. The summed E-state index contributed by atoms with van der Waals surface area (Å²) in [6.45, 7) is 19.6. The van der Waals surface area contributed by atoms with Crippen molar-refractivity contribution in [3.05, 3.63) is 28.6 Å². The number of nitrogens with zero attached hydrogens (tertiary/aromatic N) is 1. The van der Waals surface area contributed by atoms with Gasteiger partial charge in [0.15, 0.2) is 0 Å². The van der Waals surface area contributed by atoms with E-state index in [2.05, 4.69) is 48.5 Å². The fraction of sp³-hybridized carbons (Fsp3) is 0.786. The van der Waals surface area contributed by atoms with Gasteiger partial charge in [-0.1, -0.05) is 54.0 Å². The van der Waals surface area contributed by atoms with E-state index in [-0.39, 0.29) is 58.2 Å². The van der Waals surface area contributed by atoms with Gasteiger partial charge in [-0.3, -0.25) is 14.4 Å². The molecule has 0 amide bonds. The molecule has 0 aromatic carbocycles. The van der Waals surface area contributed by atoms with Gasteiger partial charge >= 0.3 is 17.9 Å². The minimum absolute atomic E-state index is 0.0147. The number of aliphatic carboxylic acids is 2. The van der Waals surface area contributed by atoms with Gasteiger partial charge in [-0.2, -0.15) is 0 Å². The summed E-state index contributed by atoms with van der Waals surface area (Å²) in [6, 6.07) is 1.78. The minimum atomic E-state index is -1.18. The SMILES string of the molecule is CC(C)C1=C2C3CCC4C5(C)CCC(OC(=O)CC(C)(C)C(=O)O)C(C)(C)C5CCC4(C)C3(C)CCC2(c2cc(O)c(CC(=O)O)n2C)CC1O. The number of esters is 1. The predicted molar refractivity (Wildman–Crippen MR) is 194 cm³/mol. The van der Waals surface area contributed by atoms with Gasteiger partial charge in [-0.15, -0.1) is 0 Å². The number of carbonyl (C=O) groups excluding carboxylic acids is 1. The number of allylic oxidation sites excluding steroid dienone is 1. The zero-order valence-electron chi connectivity index (χ0n) is 32.7. The van der Waals surface area contributed by atoms with Gasteiger partial charge < -0.3 is 29.7 Å². The highest BCUT2D eigenvalue weighted by molar-refractivity contribution is 5.81. The Hall–Kier alpha value is -2.81. The summed E-state index contributed by atoms with van der Waals surface area (Å²) in [5.74, 6) is -1.17. The number of aromatic nitrogens is 1. The predicted octanol–water partition coefficient (Wildman–Crippen LogP) is 7.79. The van der Waals surface area contributed by atoms with Crippen LogP contribution in [-0.2, 0) is 38.0 Å². The third-order valence-corrected chi connectivity index (χ3v) is 16.2. The number of aliphatic hydroxyl groups excluding tert-OH is 1. The molecule has 5 aliphatic rings. The van der Waals surface area contributed by atoms with Crippen LogP contribution in [0.2, 0.25) is 0 Å². The maximum Gasteiger partial charge on any atom is 0.309 e. The van der Waals surface area contributed by atoms with Crippen LogP contribution >= 0.6 is 0 Å². The molecule has 1 aromatic heterocycles. The Kier molecular flexibility index (Phi) is 9.00. The van der Waals surface area contributed by atoms with Crippen LogP contribution in [0.15, 0.2) is 17.2 Å². The first kappa shape index (κ1) is 37.9. The zero-order chi connectivity index (χ0) is 37.9. The molecule has 51 heavy (non-hydrogen) atoms. The Morgan fingerprint density at radius 1 is 0.941 bits per heavy atom. The quantitative estimate of drug-likeness (QED) is 0.158. The van der Waals surface area contributed by atoms with E-state index in [0.29, 0.717) is 24.0 Å². The standard InChI is InChI=1S/C42H63NO8/c1-23(2)34-27(45)21-42(30-20-26(44)25(43(30)10)19-32(46)47)18-17-40(8)24(35(34)42)11-12-29-39(7)15-14-31(51-33(48)22-37(3,4)36(49)50)38(5,6)28(39)13-16-41(29,40)9/h20,23-24,27-29,31,44-45H,11-19,21-22H2,1-10H3,(H,46,47)(H,49,50). The summed E-state index contributed by atoms with van der Waals surface area (Å²) in [7, 11) is 1.87. The number of hydrogen-bond acceptors (Lipinski definition) is 6. The van der Waals surface area contributed by atoms with Crippen molar-refractivity contribution in [1.82, 2.24) is 4.57 Å². The van der Waals surface area contributed by atoms with Crippen molar-refractivity contribution in [2.45, 2.75) is 151 Å². The molecule has 0 spiro atoms. The van der Waals surface area contributed by atoms with Crippen molar-refractivity contribution < 1.29 is 39.5 Å². The van der Waals surface area contributed by atoms with Gasteiger partial charge in [-0.25, -0.2) is 0 Å². The molecule has 0 saturated heterocycles. The minimum Gasteiger partial charge on any atom is -0.506 e. The number of ether oxygens (including phenoxy) is 1. The summed E-state index contributed by atoms with van der Waals surface area (Å²) in [6.07, 6.45) is 7.04. The average Bonchev–Trinajstić information content (AvgIpc) is 3.47. The second-order valence-corrected chi connectivity index (χ2v) is 19.6. The molecule has 0 bridgehead atoms. The zero-order valence-corrected chi connectivity index (χ0v) is 32.7. The molecule has 9 heteroatoms. The van der Waals surface area contributed by atoms with E-state index in [1.165, 1.54) is 5.57 Å². The van der Waals surface area contributed by atoms with Crippen molar-refractivity contribution in [1.29, 1.82) is 0 Å². The molecule has 4 fully saturated rings. The number of fused-ring (bicyclic) bond motifs is 7. The van der Waals surface area contributed by atoms with Gasteiger partial charge in [0.25, 0.3) is 0 Å². The lowest BCUT2D eigenvalue weighted by atomic mass is 9.33. The van der Waals surface area contributed by atoms with Crippen molar-refractivity contribution in [3.63, 3.8) is 0 Å². The third-order valence-electron chi connectivity index (χ3n) is 16.2. The van der Waals surface area contributed by atoms with Crippen LogP contribution in [-0.4, -0.2) is 55.1 Å². The molecule has 9 unspecified atom stereocenters. The van der Waals surface area contributed by atoms with Crippen LogP contribution in [0.25, 0.3) is 0 Å². The molecule has 1 aromatic rings. The topological polar surface area (TPSA) is 146 Å². The summed E-state index contributed by atoms with van der Waals surface area (Å²) in [4.78, 5) is 36.6. The van der Waals surface area contributed by atoms with Gasteiger partial charge in [-0.05, 0) is 117 Å². The Labute approximate surface area is 304 Å². The Morgan fingerprint density at radius 2 is 1.61 bits per heavy atom. The van der Waals surface area contributed by atoms with Crippen LogP contribution in [0.3, 0.4) is 0 Å². The third kappa shape index (κ3) is 5.35. The van der Waals surface area contributed by atoms with E-state index in [4.69, 9.17) is 4.74 Å². The molecule has 0 radical (unpaired) electrons. The molecule has 4 N–H and O–H groups in total. The smallest absolute Gasteiger partial charge is 0.309 e. The molecule has 284 valence electrons. The molecule has 6 rings (SSSR count). The Balaban J connectivity index is 1.35. The maximum atomic E-state index is 13.1. The second-order valence-electron chi connectivity index (χ2n) is 19.6. The fourth-order valence-corrected chi connectivity index (χ4v) is 13.4. The molecule has 9 atom stereocenters. The van der Waals surface area contributed by atoms with Crippen molar-refractivity contribution in [2.24, 2.45) is 57.8 Å². The van der Waals surface area contributed by atoms with Gasteiger partial charge in [0.2, 0.25) is 0 Å². The lowest BCUT2D eigenvalue weighted by Crippen LogP contribution is -2.66. The first-order valence-corrected chi connectivity index (χ1v) is 19.4. The first-order chi connectivity index (χ1) is 23.5. The van der Waals surface area contributed by atoms with E-state index in [9.17, 15) is 34.8 Å². The number of aliphatic hydroxyl groups is 1. The van der Waals surface area contributed by atoms with E-state index in [0.717, 1.165) is 62.6 Å². The van der Waals surface area contributed by atoms with Gasteiger partial charge in [0.1, 0.15) is 11.9 Å². The van der Waals surface area contributed by atoms with Gasteiger partial charge in [0.05, 0.1) is 30.1 Å². The molecule has 4 saturated carbocycles. The maximum absolute atomic E-state index is 13.1. The van der Waals surface area contributed by atoms with E-state index < -0.39 is 34.8 Å². The van der Waals surface area contributed by atoms with Crippen LogP contribution in [0.1, 0.15) is 138 Å². The number of carbonyl (C=O) groups is 3. The molecule has 0 aliphatic heterocycles. The Bertz CT molecular complexity index is 1650. The fourth-order valence-electron chi connectivity index (χ4n) is 13.4. The monoisotopic (exact) mass is 709 g/mol. The van der Waals surface area contributed by atoms with Crippen molar-refractivity contribution in [3.8, 4) is 5.75 Å². The molecule has 9 nitrogen and oxygen atoms in total. The van der Waals surface area contributed by atoms with E-state index in [1.54, 1.807) is 19.9 Å². The molecular formula is C42H63NO8. The second kappa shape index (κ2) is 12.1. The van der Waals surface area contributed by atoms with Crippen LogP contribution in [0, 0.1) is 50.7 Å². The van der Waals surface area contributed by atoms with Crippen LogP contribution < -0.4 is 0 Å². The highest BCUT2D eigenvalue weighted by Crippen LogP contribution is 2.77.